The van der Waals surface area contributed by atoms with Crippen LogP contribution in [0.2, 0.25) is 0 Å². The van der Waals surface area contributed by atoms with Crippen LogP contribution in [-0.4, -0.2) is 11.3 Å². The molecule has 0 aromatic carbocycles. The Balaban J connectivity index is 2.59. The SMILES string of the molecule is CCC1CC=Cc2[nH]c(C)c(C=O)c21. The van der Waals surface area contributed by atoms with Crippen molar-refractivity contribution in [3.05, 3.63) is 28.6 Å². The van der Waals surface area contributed by atoms with Gasteiger partial charge in [-0.05, 0) is 37.3 Å². The van der Waals surface area contributed by atoms with Gasteiger partial charge in [0, 0.05) is 17.0 Å². The molecule has 0 spiro atoms. The van der Waals surface area contributed by atoms with E-state index in [1.165, 1.54) is 5.56 Å². The third-order valence-corrected chi connectivity index (χ3v) is 3.03. The third-order valence-electron chi connectivity index (χ3n) is 3.03. The normalized spacial score (nSPS) is 19.4. The van der Waals surface area contributed by atoms with E-state index < -0.39 is 0 Å². The maximum atomic E-state index is 11.0. The second-order valence-corrected chi connectivity index (χ2v) is 3.85. The lowest BCUT2D eigenvalue weighted by atomic mass is 9.86. The van der Waals surface area contributed by atoms with E-state index in [9.17, 15) is 4.79 Å². The summed E-state index contributed by atoms with van der Waals surface area (Å²) in [5, 5.41) is 0. The zero-order valence-electron chi connectivity index (χ0n) is 8.63. The predicted molar refractivity (Wildman–Crippen MR) is 57.6 cm³/mol. The molecule has 0 fully saturated rings. The Morgan fingerprint density at radius 1 is 1.64 bits per heavy atom. The summed E-state index contributed by atoms with van der Waals surface area (Å²) in [7, 11) is 0. The minimum Gasteiger partial charge on any atom is -0.358 e. The topological polar surface area (TPSA) is 32.9 Å². The second-order valence-electron chi connectivity index (χ2n) is 3.85. The summed E-state index contributed by atoms with van der Waals surface area (Å²) in [4.78, 5) is 14.2. The molecule has 1 atom stereocenters. The number of aromatic amines is 1. The molecule has 0 radical (unpaired) electrons. The number of carbonyl (C=O) groups is 1. The fourth-order valence-electron chi connectivity index (χ4n) is 2.25. The summed E-state index contributed by atoms with van der Waals surface area (Å²) in [5.41, 5.74) is 4.22. The number of fused-ring (bicyclic) bond motifs is 1. The van der Waals surface area contributed by atoms with Crippen molar-refractivity contribution in [3.8, 4) is 0 Å². The van der Waals surface area contributed by atoms with Crippen LogP contribution in [0.1, 0.15) is 53.0 Å². The summed E-state index contributed by atoms with van der Waals surface area (Å²) in [6.07, 6.45) is 7.39. The summed E-state index contributed by atoms with van der Waals surface area (Å²) < 4.78 is 0. The van der Waals surface area contributed by atoms with Gasteiger partial charge in [-0.3, -0.25) is 4.79 Å². The van der Waals surface area contributed by atoms with E-state index in [1.54, 1.807) is 0 Å². The highest BCUT2D eigenvalue weighted by molar-refractivity contribution is 5.82. The minimum atomic E-state index is 0.514. The molecule has 1 heterocycles. The number of hydrogen-bond donors (Lipinski definition) is 1. The average molecular weight is 189 g/mol. The lowest BCUT2D eigenvalue weighted by molar-refractivity contribution is 0.112. The van der Waals surface area contributed by atoms with E-state index in [2.05, 4.69) is 24.1 Å². The lowest BCUT2D eigenvalue weighted by Gasteiger charge is -2.17. The highest BCUT2D eigenvalue weighted by Crippen LogP contribution is 2.35. The van der Waals surface area contributed by atoms with Gasteiger partial charge in [0.05, 0.1) is 0 Å². The molecule has 14 heavy (non-hydrogen) atoms. The Labute approximate surface area is 84.0 Å². The highest BCUT2D eigenvalue weighted by Gasteiger charge is 2.22. The van der Waals surface area contributed by atoms with Gasteiger partial charge in [-0.1, -0.05) is 13.0 Å². The van der Waals surface area contributed by atoms with Gasteiger partial charge >= 0.3 is 0 Å². The predicted octanol–water partition coefficient (Wildman–Crippen LogP) is 3.05. The number of allylic oxidation sites excluding steroid dienone is 1. The van der Waals surface area contributed by atoms with Crippen LogP contribution in [0, 0.1) is 6.92 Å². The fraction of sp³-hybridized carbons (Fsp3) is 0.417. The zero-order valence-corrected chi connectivity index (χ0v) is 8.63. The molecule has 2 heteroatoms. The van der Waals surface area contributed by atoms with Gasteiger partial charge < -0.3 is 4.98 Å². The molecule has 1 aliphatic rings. The van der Waals surface area contributed by atoms with Crippen LogP contribution in [0.15, 0.2) is 6.08 Å². The molecule has 1 aromatic heterocycles. The van der Waals surface area contributed by atoms with Gasteiger partial charge in [0.2, 0.25) is 0 Å². The molecule has 1 unspecified atom stereocenters. The molecule has 1 N–H and O–H groups in total. The van der Waals surface area contributed by atoms with Crippen LogP contribution < -0.4 is 0 Å². The van der Waals surface area contributed by atoms with Crippen LogP contribution in [0.25, 0.3) is 6.08 Å². The fourth-order valence-corrected chi connectivity index (χ4v) is 2.25. The Hall–Kier alpha value is -1.31. The van der Waals surface area contributed by atoms with Crippen molar-refractivity contribution in [2.45, 2.75) is 32.6 Å². The van der Waals surface area contributed by atoms with E-state index in [1.807, 2.05) is 6.92 Å². The van der Waals surface area contributed by atoms with E-state index in [-0.39, 0.29) is 0 Å². The van der Waals surface area contributed by atoms with Gasteiger partial charge in [0.25, 0.3) is 0 Å². The number of aromatic nitrogens is 1. The Morgan fingerprint density at radius 3 is 3.07 bits per heavy atom. The minimum absolute atomic E-state index is 0.514. The zero-order chi connectivity index (χ0) is 10.1. The largest absolute Gasteiger partial charge is 0.358 e. The van der Waals surface area contributed by atoms with E-state index in [4.69, 9.17) is 0 Å². The van der Waals surface area contributed by atoms with Gasteiger partial charge in [0.15, 0.2) is 6.29 Å². The number of carbonyl (C=O) groups excluding carboxylic acids is 1. The average Bonchev–Trinajstić information content (AvgIpc) is 2.52. The van der Waals surface area contributed by atoms with Crippen molar-refractivity contribution >= 4 is 12.4 Å². The molecule has 1 aliphatic carbocycles. The molecule has 2 nitrogen and oxygen atoms in total. The molecule has 2 rings (SSSR count). The number of nitrogens with one attached hydrogen (secondary N) is 1. The first kappa shape index (κ1) is 9.25. The number of H-pyrrole nitrogens is 1. The van der Waals surface area contributed by atoms with Gasteiger partial charge in [-0.25, -0.2) is 0 Å². The van der Waals surface area contributed by atoms with Crippen molar-refractivity contribution in [3.63, 3.8) is 0 Å². The van der Waals surface area contributed by atoms with Crippen molar-refractivity contribution in [2.75, 3.05) is 0 Å². The first-order valence-electron chi connectivity index (χ1n) is 5.12. The molecule has 1 aromatic rings. The van der Waals surface area contributed by atoms with Crippen LogP contribution in [0.3, 0.4) is 0 Å². The summed E-state index contributed by atoms with van der Waals surface area (Å²) in [6.45, 7) is 4.13. The van der Waals surface area contributed by atoms with Gasteiger partial charge in [-0.2, -0.15) is 0 Å². The highest BCUT2D eigenvalue weighted by atomic mass is 16.1. The molecule has 0 amide bonds. The molecule has 0 saturated heterocycles. The molecule has 74 valence electrons. The third kappa shape index (κ3) is 1.22. The maximum absolute atomic E-state index is 11.0. The van der Waals surface area contributed by atoms with Crippen LogP contribution >= 0.6 is 0 Å². The Morgan fingerprint density at radius 2 is 2.43 bits per heavy atom. The lowest BCUT2D eigenvalue weighted by Crippen LogP contribution is -2.03. The van der Waals surface area contributed by atoms with E-state index >= 15 is 0 Å². The summed E-state index contributed by atoms with van der Waals surface area (Å²) in [5.74, 6) is 0.514. The Bertz CT molecular complexity index is 387. The standard InChI is InChI=1S/C12H15NO/c1-3-9-5-4-6-11-12(9)10(7-14)8(2)13-11/h4,6-7,9,13H,3,5H2,1-2H3. The van der Waals surface area contributed by atoms with Crippen molar-refractivity contribution in [2.24, 2.45) is 0 Å². The number of aryl methyl sites for hydroxylation is 1. The Kier molecular flexibility index (Phi) is 2.28. The first-order valence-corrected chi connectivity index (χ1v) is 5.12. The molecular formula is C12H15NO. The second kappa shape index (κ2) is 3.45. The van der Waals surface area contributed by atoms with Gasteiger partial charge in [-0.15, -0.1) is 0 Å². The van der Waals surface area contributed by atoms with Crippen molar-refractivity contribution in [1.29, 1.82) is 0 Å². The molecular weight excluding hydrogens is 174 g/mol. The maximum Gasteiger partial charge on any atom is 0.152 e. The smallest absolute Gasteiger partial charge is 0.152 e. The number of rotatable bonds is 2. The van der Waals surface area contributed by atoms with Gasteiger partial charge in [0.1, 0.15) is 0 Å². The first-order chi connectivity index (χ1) is 6.77. The van der Waals surface area contributed by atoms with Crippen LogP contribution in [0.5, 0.6) is 0 Å². The molecule has 0 bridgehead atoms. The van der Waals surface area contributed by atoms with E-state index in [0.717, 1.165) is 36.1 Å². The quantitative estimate of drug-likeness (QED) is 0.712. The molecule has 0 aliphatic heterocycles. The number of hydrogen-bond acceptors (Lipinski definition) is 1. The van der Waals surface area contributed by atoms with Crippen molar-refractivity contribution < 1.29 is 4.79 Å². The number of aldehydes is 1. The summed E-state index contributed by atoms with van der Waals surface area (Å²) >= 11 is 0. The van der Waals surface area contributed by atoms with Crippen LogP contribution in [-0.2, 0) is 0 Å². The van der Waals surface area contributed by atoms with E-state index in [0.29, 0.717) is 5.92 Å². The summed E-state index contributed by atoms with van der Waals surface area (Å²) in [6, 6.07) is 0. The monoisotopic (exact) mass is 189 g/mol. The van der Waals surface area contributed by atoms with Crippen molar-refractivity contribution in [1.82, 2.24) is 4.98 Å². The van der Waals surface area contributed by atoms with Crippen LogP contribution in [0.4, 0.5) is 0 Å². The molecule has 0 saturated carbocycles.